The highest BCUT2D eigenvalue weighted by Crippen LogP contribution is 2.31. The number of nitrogens with one attached hydrogen (secondary N) is 1. The van der Waals surface area contributed by atoms with Crippen molar-refractivity contribution >= 4 is 28.3 Å². The van der Waals surface area contributed by atoms with E-state index in [0.29, 0.717) is 24.0 Å². The van der Waals surface area contributed by atoms with E-state index in [-0.39, 0.29) is 5.91 Å². The van der Waals surface area contributed by atoms with Gasteiger partial charge in [0.25, 0.3) is 5.91 Å². The standard InChI is InChI=1S/C12H20N4O2S/c1-3-16(6-7-18-2)12-9(10(13)15-19-12)11(17)14-8-4-5-8/h8H,3-7H2,1-2H3,(H2,13,15)(H,14,17). The van der Waals surface area contributed by atoms with E-state index in [9.17, 15) is 4.79 Å². The second-order valence-corrected chi connectivity index (χ2v) is 5.32. The molecule has 0 aromatic carbocycles. The van der Waals surface area contributed by atoms with Crippen molar-refractivity contribution in [3.63, 3.8) is 0 Å². The van der Waals surface area contributed by atoms with Gasteiger partial charge in [0.2, 0.25) is 0 Å². The SMILES string of the molecule is CCN(CCOC)c1snc(N)c1C(=O)NC1CC1. The summed E-state index contributed by atoms with van der Waals surface area (Å²) in [5, 5.41) is 3.79. The third-order valence-electron chi connectivity index (χ3n) is 3.07. The molecular weight excluding hydrogens is 264 g/mol. The number of carbonyl (C=O) groups is 1. The Morgan fingerprint density at radius 2 is 2.37 bits per heavy atom. The first-order chi connectivity index (χ1) is 9.17. The molecule has 3 N–H and O–H groups in total. The van der Waals surface area contributed by atoms with Crippen LogP contribution in [0.2, 0.25) is 0 Å². The molecule has 1 heterocycles. The number of nitrogens with zero attached hydrogens (tertiary/aromatic N) is 2. The number of nitrogen functional groups attached to an aromatic ring is 1. The Bertz CT molecular complexity index is 445. The zero-order chi connectivity index (χ0) is 13.8. The van der Waals surface area contributed by atoms with Crippen LogP contribution in [0.3, 0.4) is 0 Å². The molecule has 0 spiro atoms. The van der Waals surface area contributed by atoms with Crippen molar-refractivity contribution in [2.24, 2.45) is 0 Å². The first-order valence-corrected chi connectivity index (χ1v) is 7.24. The number of carbonyl (C=O) groups excluding carboxylic acids is 1. The van der Waals surface area contributed by atoms with Gasteiger partial charge in [-0.2, -0.15) is 4.37 Å². The third kappa shape index (κ3) is 3.36. The van der Waals surface area contributed by atoms with Crippen LogP contribution < -0.4 is 16.0 Å². The number of methoxy groups -OCH3 is 1. The average Bonchev–Trinajstić information content (AvgIpc) is 3.12. The molecular formula is C12H20N4O2S. The third-order valence-corrected chi connectivity index (χ3v) is 4.00. The number of likely N-dealkylation sites (N-methyl/N-ethyl adjacent to an activating group) is 1. The van der Waals surface area contributed by atoms with Gasteiger partial charge >= 0.3 is 0 Å². The number of rotatable bonds is 7. The van der Waals surface area contributed by atoms with Gasteiger partial charge in [-0.15, -0.1) is 0 Å². The van der Waals surface area contributed by atoms with Crippen LogP contribution in [-0.4, -0.2) is 43.1 Å². The summed E-state index contributed by atoms with van der Waals surface area (Å²) in [6.07, 6.45) is 2.11. The molecule has 1 aliphatic rings. The predicted molar refractivity (Wildman–Crippen MR) is 76.8 cm³/mol. The number of ether oxygens (including phenoxy) is 1. The molecule has 0 atom stereocenters. The lowest BCUT2D eigenvalue weighted by Gasteiger charge is -2.21. The van der Waals surface area contributed by atoms with Crippen LogP contribution in [-0.2, 0) is 4.74 Å². The van der Waals surface area contributed by atoms with Gasteiger partial charge in [-0.1, -0.05) is 0 Å². The van der Waals surface area contributed by atoms with E-state index in [1.165, 1.54) is 11.5 Å². The summed E-state index contributed by atoms with van der Waals surface area (Å²) in [6.45, 7) is 4.15. The fraction of sp³-hybridized carbons (Fsp3) is 0.667. The Kier molecular flexibility index (Phi) is 4.60. The molecule has 0 unspecified atom stereocenters. The Morgan fingerprint density at radius 1 is 1.63 bits per heavy atom. The summed E-state index contributed by atoms with van der Waals surface area (Å²) in [5.41, 5.74) is 6.35. The zero-order valence-electron chi connectivity index (χ0n) is 11.3. The van der Waals surface area contributed by atoms with E-state index >= 15 is 0 Å². The highest BCUT2D eigenvalue weighted by molar-refractivity contribution is 7.11. The highest BCUT2D eigenvalue weighted by atomic mass is 32.1. The lowest BCUT2D eigenvalue weighted by atomic mass is 10.2. The molecule has 0 aliphatic heterocycles. The summed E-state index contributed by atoms with van der Waals surface area (Å²) >= 11 is 1.27. The van der Waals surface area contributed by atoms with Crippen molar-refractivity contribution in [1.29, 1.82) is 0 Å². The maximum atomic E-state index is 12.2. The molecule has 1 amide bonds. The number of anilines is 2. The van der Waals surface area contributed by atoms with Gasteiger partial charge < -0.3 is 20.7 Å². The predicted octanol–water partition coefficient (Wildman–Crippen LogP) is 1.09. The van der Waals surface area contributed by atoms with E-state index in [1.54, 1.807) is 7.11 Å². The van der Waals surface area contributed by atoms with Crippen molar-refractivity contribution < 1.29 is 9.53 Å². The van der Waals surface area contributed by atoms with Crippen molar-refractivity contribution in [3.8, 4) is 0 Å². The number of hydrogen-bond donors (Lipinski definition) is 2. The van der Waals surface area contributed by atoms with Crippen molar-refractivity contribution in [3.05, 3.63) is 5.56 Å². The Morgan fingerprint density at radius 3 is 2.95 bits per heavy atom. The maximum Gasteiger partial charge on any atom is 0.258 e. The molecule has 106 valence electrons. The molecule has 19 heavy (non-hydrogen) atoms. The molecule has 0 radical (unpaired) electrons. The van der Waals surface area contributed by atoms with Gasteiger partial charge in [0.15, 0.2) is 5.82 Å². The Labute approximate surface area is 117 Å². The first kappa shape index (κ1) is 14.1. The van der Waals surface area contributed by atoms with E-state index in [4.69, 9.17) is 10.5 Å². The van der Waals surface area contributed by atoms with Crippen LogP contribution in [0, 0.1) is 0 Å². The number of nitrogens with two attached hydrogens (primary N) is 1. The van der Waals surface area contributed by atoms with Crippen molar-refractivity contribution in [2.45, 2.75) is 25.8 Å². The topological polar surface area (TPSA) is 80.5 Å². The molecule has 1 aromatic rings. The Hall–Kier alpha value is -1.34. The normalized spacial score (nSPS) is 14.4. The maximum absolute atomic E-state index is 12.2. The molecule has 1 fully saturated rings. The summed E-state index contributed by atoms with van der Waals surface area (Å²) in [6, 6.07) is 0.314. The van der Waals surface area contributed by atoms with Gasteiger partial charge in [0.05, 0.1) is 6.61 Å². The summed E-state index contributed by atoms with van der Waals surface area (Å²) in [4.78, 5) is 14.3. The van der Waals surface area contributed by atoms with E-state index in [0.717, 1.165) is 30.9 Å². The number of hydrogen-bond acceptors (Lipinski definition) is 6. The monoisotopic (exact) mass is 284 g/mol. The lowest BCUT2D eigenvalue weighted by molar-refractivity contribution is 0.0952. The molecule has 0 saturated heterocycles. The van der Waals surface area contributed by atoms with Gasteiger partial charge in [-0.3, -0.25) is 4.79 Å². The first-order valence-electron chi connectivity index (χ1n) is 6.47. The van der Waals surface area contributed by atoms with Crippen LogP contribution in [0.4, 0.5) is 10.8 Å². The van der Waals surface area contributed by atoms with E-state index < -0.39 is 0 Å². The Balaban J connectivity index is 2.16. The van der Waals surface area contributed by atoms with Gasteiger partial charge in [-0.25, -0.2) is 0 Å². The summed E-state index contributed by atoms with van der Waals surface area (Å²) in [7, 11) is 1.66. The molecule has 2 rings (SSSR count). The van der Waals surface area contributed by atoms with Crippen LogP contribution in [0.1, 0.15) is 30.1 Å². The zero-order valence-corrected chi connectivity index (χ0v) is 12.1. The molecule has 7 heteroatoms. The van der Waals surface area contributed by atoms with E-state index in [1.807, 2.05) is 6.92 Å². The van der Waals surface area contributed by atoms with Crippen LogP contribution >= 0.6 is 11.5 Å². The largest absolute Gasteiger partial charge is 0.383 e. The quantitative estimate of drug-likeness (QED) is 0.783. The molecule has 6 nitrogen and oxygen atoms in total. The minimum Gasteiger partial charge on any atom is -0.383 e. The van der Waals surface area contributed by atoms with Crippen LogP contribution in [0.15, 0.2) is 0 Å². The fourth-order valence-corrected chi connectivity index (χ4v) is 2.71. The molecule has 0 bridgehead atoms. The van der Waals surface area contributed by atoms with Gasteiger partial charge in [0, 0.05) is 26.2 Å². The second-order valence-electron chi connectivity index (χ2n) is 4.57. The smallest absolute Gasteiger partial charge is 0.258 e. The van der Waals surface area contributed by atoms with E-state index in [2.05, 4.69) is 14.6 Å². The second kappa shape index (κ2) is 6.21. The minimum atomic E-state index is -0.111. The van der Waals surface area contributed by atoms with Gasteiger partial charge in [-0.05, 0) is 31.3 Å². The van der Waals surface area contributed by atoms with Crippen molar-refractivity contribution in [1.82, 2.24) is 9.69 Å². The molecule has 1 aliphatic carbocycles. The summed E-state index contributed by atoms with van der Waals surface area (Å²) in [5.74, 6) is 0.202. The fourth-order valence-electron chi connectivity index (χ4n) is 1.81. The average molecular weight is 284 g/mol. The van der Waals surface area contributed by atoms with Crippen molar-refractivity contribution in [2.75, 3.05) is 37.4 Å². The number of aromatic nitrogens is 1. The summed E-state index contributed by atoms with van der Waals surface area (Å²) < 4.78 is 9.21. The highest BCUT2D eigenvalue weighted by Gasteiger charge is 2.28. The number of amides is 1. The molecule has 1 aromatic heterocycles. The lowest BCUT2D eigenvalue weighted by Crippen LogP contribution is -2.31. The van der Waals surface area contributed by atoms with Gasteiger partial charge in [0.1, 0.15) is 10.6 Å². The van der Waals surface area contributed by atoms with Crippen LogP contribution in [0.25, 0.3) is 0 Å². The minimum absolute atomic E-state index is 0.111. The molecule has 1 saturated carbocycles. The van der Waals surface area contributed by atoms with Crippen LogP contribution in [0.5, 0.6) is 0 Å².